The van der Waals surface area contributed by atoms with Gasteiger partial charge in [-0.05, 0) is 23.0 Å². The van der Waals surface area contributed by atoms with E-state index in [2.05, 4.69) is 9.05 Å². The zero-order valence-corrected chi connectivity index (χ0v) is 11.4. The van der Waals surface area contributed by atoms with E-state index >= 15 is 0 Å². The van der Waals surface area contributed by atoms with E-state index in [-0.39, 0.29) is 5.75 Å². The number of rotatable bonds is 5. The average Bonchev–Trinajstić information content (AvgIpc) is 2.35. The van der Waals surface area contributed by atoms with Crippen molar-refractivity contribution in [2.24, 2.45) is 0 Å². The fourth-order valence-electron chi connectivity index (χ4n) is 1.17. The van der Waals surface area contributed by atoms with Crippen molar-refractivity contribution in [3.63, 3.8) is 0 Å². The van der Waals surface area contributed by atoms with Crippen LogP contribution in [0.1, 0.15) is 11.1 Å². The maximum atomic E-state index is 12.5. The first-order valence-electron chi connectivity index (χ1n) is 4.83. The number of hydrogen-bond donors (Lipinski definition) is 0. The molecule has 0 N–H and O–H groups in total. The Bertz CT molecular complexity index is 442. The lowest BCUT2D eigenvalue weighted by Gasteiger charge is -2.13. The largest absolute Gasteiger partial charge is 0.416 e. The van der Waals surface area contributed by atoms with Crippen LogP contribution in [-0.2, 0) is 25.5 Å². The molecule has 0 aliphatic heterocycles. The first kappa shape index (κ1) is 15.6. The highest BCUT2D eigenvalue weighted by molar-refractivity contribution is 8.54. The fourth-order valence-corrected chi connectivity index (χ4v) is 3.57. The van der Waals surface area contributed by atoms with Gasteiger partial charge in [-0.1, -0.05) is 18.2 Å². The van der Waals surface area contributed by atoms with Crippen LogP contribution in [0.3, 0.4) is 0 Å². The molecule has 0 atom stereocenters. The van der Waals surface area contributed by atoms with Crippen LogP contribution in [0.15, 0.2) is 24.3 Å². The SMILES string of the molecule is COP(=O)(OC)SCc1cccc(C(F)(F)F)c1. The fraction of sp³-hybridized carbons (Fsp3) is 0.400. The standard InChI is InChI=1S/C10H12F3O3PS/c1-15-17(14,16-2)18-7-8-4-3-5-9(6-8)10(11,12)13/h3-6H,7H2,1-2H3. The zero-order valence-electron chi connectivity index (χ0n) is 9.73. The van der Waals surface area contributed by atoms with Gasteiger partial charge in [0.15, 0.2) is 0 Å². The van der Waals surface area contributed by atoms with E-state index in [1.54, 1.807) is 0 Å². The summed E-state index contributed by atoms with van der Waals surface area (Å²) in [5.74, 6) is 0.114. The highest BCUT2D eigenvalue weighted by atomic mass is 32.7. The van der Waals surface area contributed by atoms with Crippen LogP contribution in [-0.4, -0.2) is 14.2 Å². The number of benzene rings is 1. The monoisotopic (exact) mass is 300 g/mol. The van der Waals surface area contributed by atoms with Gasteiger partial charge in [-0.15, -0.1) is 0 Å². The van der Waals surface area contributed by atoms with Crippen molar-refractivity contribution in [3.8, 4) is 0 Å². The third kappa shape index (κ3) is 4.31. The van der Waals surface area contributed by atoms with E-state index in [9.17, 15) is 17.7 Å². The second kappa shape index (κ2) is 6.10. The smallest absolute Gasteiger partial charge is 0.304 e. The second-order valence-electron chi connectivity index (χ2n) is 3.28. The molecule has 102 valence electrons. The van der Waals surface area contributed by atoms with E-state index < -0.39 is 18.5 Å². The molecule has 1 rings (SSSR count). The van der Waals surface area contributed by atoms with Crippen LogP contribution in [0.4, 0.5) is 13.2 Å². The molecular weight excluding hydrogens is 288 g/mol. The maximum absolute atomic E-state index is 12.5. The lowest BCUT2D eigenvalue weighted by atomic mass is 10.1. The van der Waals surface area contributed by atoms with Crippen molar-refractivity contribution in [2.75, 3.05) is 14.2 Å². The van der Waals surface area contributed by atoms with Crippen LogP contribution in [0, 0.1) is 0 Å². The Balaban J connectivity index is 2.78. The molecule has 3 nitrogen and oxygen atoms in total. The number of hydrogen-bond acceptors (Lipinski definition) is 4. The van der Waals surface area contributed by atoms with Gasteiger partial charge >= 0.3 is 13.0 Å². The Kier molecular flexibility index (Phi) is 5.28. The molecule has 1 aromatic carbocycles. The summed E-state index contributed by atoms with van der Waals surface area (Å²) >= 11 is 0.840. The number of alkyl halides is 3. The Labute approximate surface area is 107 Å². The van der Waals surface area contributed by atoms with Gasteiger partial charge in [0.2, 0.25) is 0 Å². The van der Waals surface area contributed by atoms with Crippen LogP contribution in [0.25, 0.3) is 0 Å². The summed E-state index contributed by atoms with van der Waals surface area (Å²) < 4.78 is 58.5. The molecule has 0 radical (unpaired) electrons. The molecule has 0 bridgehead atoms. The van der Waals surface area contributed by atoms with Crippen LogP contribution in [0.5, 0.6) is 0 Å². The molecule has 1 aromatic rings. The lowest BCUT2D eigenvalue weighted by Crippen LogP contribution is -2.04. The van der Waals surface area contributed by atoms with Crippen molar-refractivity contribution in [2.45, 2.75) is 11.9 Å². The maximum Gasteiger partial charge on any atom is 0.416 e. The van der Waals surface area contributed by atoms with E-state index in [0.29, 0.717) is 5.56 Å². The van der Waals surface area contributed by atoms with E-state index in [4.69, 9.17) is 0 Å². The second-order valence-corrected chi connectivity index (χ2v) is 7.57. The van der Waals surface area contributed by atoms with E-state index in [0.717, 1.165) is 23.5 Å². The Hall–Kier alpha value is -0.490. The van der Waals surface area contributed by atoms with Gasteiger partial charge in [0.25, 0.3) is 0 Å². The van der Waals surface area contributed by atoms with E-state index in [1.165, 1.54) is 26.4 Å². The van der Waals surface area contributed by atoms with Gasteiger partial charge in [0, 0.05) is 20.0 Å². The predicted molar refractivity (Wildman–Crippen MR) is 64.4 cm³/mol. The molecule has 0 aliphatic carbocycles. The van der Waals surface area contributed by atoms with Crippen molar-refractivity contribution in [1.29, 1.82) is 0 Å². The Morgan fingerprint density at radius 3 is 2.39 bits per heavy atom. The highest BCUT2D eigenvalue weighted by Gasteiger charge is 2.30. The Morgan fingerprint density at radius 1 is 1.28 bits per heavy atom. The van der Waals surface area contributed by atoms with E-state index in [1.807, 2.05) is 0 Å². The average molecular weight is 300 g/mol. The topological polar surface area (TPSA) is 35.5 Å². The van der Waals surface area contributed by atoms with Gasteiger partial charge in [-0.25, -0.2) is 4.57 Å². The molecule has 0 saturated carbocycles. The summed E-state index contributed by atoms with van der Waals surface area (Å²) in [5.41, 5.74) is -0.325. The molecule has 0 amide bonds. The summed E-state index contributed by atoms with van der Waals surface area (Å²) in [7, 11) is 2.45. The molecule has 0 heterocycles. The van der Waals surface area contributed by atoms with Crippen molar-refractivity contribution in [1.82, 2.24) is 0 Å². The van der Waals surface area contributed by atoms with Crippen molar-refractivity contribution < 1.29 is 26.8 Å². The molecule has 0 aliphatic rings. The third-order valence-electron chi connectivity index (χ3n) is 2.09. The van der Waals surface area contributed by atoms with Gasteiger partial charge in [0.1, 0.15) is 0 Å². The summed E-state index contributed by atoms with van der Waals surface area (Å²) in [4.78, 5) is 0. The molecule has 0 aromatic heterocycles. The lowest BCUT2D eigenvalue weighted by molar-refractivity contribution is -0.137. The van der Waals surface area contributed by atoms with Crippen LogP contribution >= 0.6 is 18.2 Å². The number of halogens is 3. The quantitative estimate of drug-likeness (QED) is 0.758. The minimum absolute atomic E-state index is 0.114. The van der Waals surface area contributed by atoms with Crippen molar-refractivity contribution >= 4 is 18.2 Å². The third-order valence-corrected chi connectivity index (χ3v) is 5.99. The molecular formula is C10H12F3O3PS. The van der Waals surface area contributed by atoms with Crippen molar-refractivity contribution in [3.05, 3.63) is 35.4 Å². The summed E-state index contributed by atoms with van der Waals surface area (Å²) in [6, 6.07) is 4.84. The normalized spacial score (nSPS) is 12.7. The predicted octanol–water partition coefficient (Wildman–Crippen LogP) is 4.34. The van der Waals surface area contributed by atoms with Gasteiger partial charge in [-0.2, -0.15) is 13.2 Å². The Morgan fingerprint density at radius 2 is 1.89 bits per heavy atom. The first-order chi connectivity index (χ1) is 8.30. The molecule has 0 saturated heterocycles. The summed E-state index contributed by atoms with van der Waals surface area (Å²) in [5, 5.41) is 0. The first-order valence-corrected chi connectivity index (χ1v) is 7.96. The molecule has 8 heteroatoms. The zero-order chi connectivity index (χ0) is 13.8. The molecule has 0 spiro atoms. The molecule has 18 heavy (non-hydrogen) atoms. The highest BCUT2D eigenvalue weighted by Crippen LogP contribution is 2.60. The molecule has 0 unspecified atom stereocenters. The van der Waals surface area contributed by atoms with Gasteiger partial charge in [-0.3, -0.25) is 0 Å². The summed E-state index contributed by atoms with van der Waals surface area (Å²) in [6.45, 7) is -3.27. The van der Waals surface area contributed by atoms with Crippen LogP contribution < -0.4 is 0 Å². The minimum atomic E-state index is -4.38. The van der Waals surface area contributed by atoms with Gasteiger partial charge < -0.3 is 9.05 Å². The van der Waals surface area contributed by atoms with Gasteiger partial charge in [0.05, 0.1) is 5.56 Å². The summed E-state index contributed by atoms with van der Waals surface area (Å²) in [6.07, 6.45) is -4.38. The molecule has 0 fully saturated rings. The minimum Gasteiger partial charge on any atom is -0.304 e. The van der Waals surface area contributed by atoms with Crippen LogP contribution in [0.2, 0.25) is 0 Å².